The van der Waals surface area contributed by atoms with Crippen molar-refractivity contribution in [2.45, 2.75) is 51.0 Å². The summed E-state index contributed by atoms with van der Waals surface area (Å²) in [6.45, 7) is 6.68. The van der Waals surface area contributed by atoms with Gasteiger partial charge in [-0.15, -0.1) is 0 Å². The summed E-state index contributed by atoms with van der Waals surface area (Å²) >= 11 is 0. The lowest BCUT2D eigenvalue weighted by Gasteiger charge is -2.26. The molecule has 1 aliphatic rings. The van der Waals surface area contributed by atoms with E-state index in [1.807, 2.05) is 20.8 Å². The lowest BCUT2D eigenvalue weighted by Crippen LogP contribution is -2.36. The smallest absolute Gasteiger partial charge is 0.251 e. The van der Waals surface area contributed by atoms with Crippen LogP contribution < -0.4 is 5.32 Å². The minimum Gasteiger partial charge on any atom is -0.350 e. The second kappa shape index (κ2) is 6.79. The van der Waals surface area contributed by atoms with E-state index < -0.39 is 10.0 Å². The third kappa shape index (κ3) is 3.67. The molecule has 1 aromatic rings. The van der Waals surface area contributed by atoms with Gasteiger partial charge in [0.25, 0.3) is 5.91 Å². The van der Waals surface area contributed by atoms with Gasteiger partial charge in [-0.05, 0) is 51.3 Å². The maximum Gasteiger partial charge on any atom is 0.251 e. The molecule has 0 radical (unpaired) electrons. The van der Waals surface area contributed by atoms with Crippen LogP contribution in [-0.2, 0) is 10.0 Å². The quantitative estimate of drug-likeness (QED) is 0.924. The first-order chi connectivity index (χ1) is 10.3. The van der Waals surface area contributed by atoms with E-state index >= 15 is 0 Å². The van der Waals surface area contributed by atoms with Crippen LogP contribution in [0.4, 0.5) is 0 Å². The third-order valence-electron chi connectivity index (χ3n) is 3.83. The van der Waals surface area contributed by atoms with Crippen molar-refractivity contribution in [1.82, 2.24) is 9.62 Å². The highest BCUT2D eigenvalue weighted by molar-refractivity contribution is 7.89. The first-order valence-electron chi connectivity index (χ1n) is 7.74. The number of nitrogens with zero attached hydrogens (tertiary/aromatic N) is 1. The van der Waals surface area contributed by atoms with Crippen molar-refractivity contribution in [2.75, 3.05) is 13.1 Å². The first-order valence-corrected chi connectivity index (χ1v) is 9.18. The van der Waals surface area contributed by atoms with E-state index in [1.54, 1.807) is 12.1 Å². The van der Waals surface area contributed by atoms with Crippen molar-refractivity contribution in [3.63, 3.8) is 0 Å². The van der Waals surface area contributed by atoms with Crippen LogP contribution in [0.3, 0.4) is 0 Å². The van der Waals surface area contributed by atoms with Crippen molar-refractivity contribution in [3.8, 4) is 0 Å². The molecule has 22 heavy (non-hydrogen) atoms. The van der Waals surface area contributed by atoms with E-state index in [-0.39, 0.29) is 16.8 Å². The van der Waals surface area contributed by atoms with Gasteiger partial charge in [-0.3, -0.25) is 4.79 Å². The number of benzene rings is 1. The molecule has 0 aromatic heterocycles. The molecular weight excluding hydrogens is 300 g/mol. The highest BCUT2D eigenvalue weighted by atomic mass is 32.2. The minimum absolute atomic E-state index is 0.00857. The molecule has 1 fully saturated rings. The Hall–Kier alpha value is -1.40. The molecule has 1 N–H and O–H groups in total. The lowest BCUT2D eigenvalue weighted by atomic mass is 10.1. The number of carbonyl (C=O) groups is 1. The van der Waals surface area contributed by atoms with E-state index in [0.29, 0.717) is 18.7 Å². The predicted octanol–water partition coefficient (Wildman–Crippen LogP) is 2.31. The Kier molecular flexibility index (Phi) is 5.24. The third-order valence-corrected chi connectivity index (χ3v) is 5.72. The molecule has 0 spiro atoms. The molecule has 6 heteroatoms. The van der Waals surface area contributed by atoms with E-state index in [1.165, 1.54) is 10.4 Å². The first kappa shape index (κ1) is 17.0. The summed E-state index contributed by atoms with van der Waals surface area (Å²) < 4.78 is 26.9. The van der Waals surface area contributed by atoms with Crippen molar-refractivity contribution >= 4 is 15.9 Å². The van der Waals surface area contributed by atoms with Gasteiger partial charge in [-0.2, -0.15) is 4.31 Å². The maximum atomic E-state index is 12.7. The number of sulfonamides is 1. The van der Waals surface area contributed by atoms with E-state index in [2.05, 4.69) is 5.32 Å². The normalized spacial score (nSPS) is 16.7. The Morgan fingerprint density at radius 3 is 2.41 bits per heavy atom. The van der Waals surface area contributed by atoms with Crippen molar-refractivity contribution in [3.05, 3.63) is 29.3 Å². The fourth-order valence-electron chi connectivity index (χ4n) is 2.60. The fraction of sp³-hybridized carbons (Fsp3) is 0.562. The molecule has 0 saturated carbocycles. The number of aryl methyl sites for hydroxylation is 1. The van der Waals surface area contributed by atoms with E-state index in [0.717, 1.165) is 24.8 Å². The van der Waals surface area contributed by atoms with Gasteiger partial charge in [0.05, 0.1) is 4.90 Å². The number of rotatable bonds is 4. The van der Waals surface area contributed by atoms with Crippen LogP contribution in [0.25, 0.3) is 0 Å². The summed E-state index contributed by atoms with van der Waals surface area (Å²) in [4.78, 5) is 12.4. The number of hydrogen-bond donors (Lipinski definition) is 1. The Balaban J connectivity index is 2.34. The largest absolute Gasteiger partial charge is 0.350 e. The zero-order valence-electron chi connectivity index (χ0n) is 13.4. The van der Waals surface area contributed by atoms with Crippen LogP contribution in [0.1, 0.15) is 49.0 Å². The Morgan fingerprint density at radius 1 is 1.18 bits per heavy atom. The van der Waals surface area contributed by atoms with Crippen LogP contribution in [0.5, 0.6) is 0 Å². The molecule has 0 aliphatic carbocycles. The average Bonchev–Trinajstić information content (AvgIpc) is 2.47. The SMILES string of the molecule is Cc1ccc(S(=O)(=O)N2CCCCC2)cc1C(=O)NC(C)C. The van der Waals surface area contributed by atoms with E-state index in [4.69, 9.17) is 0 Å². The molecule has 122 valence electrons. The molecule has 1 saturated heterocycles. The topological polar surface area (TPSA) is 66.5 Å². The van der Waals surface area contributed by atoms with E-state index in [9.17, 15) is 13.2 Å². The van der Waals surface area contributed by atoms with Crippen LogP contribution in [0, 0.1) is 6.92 Å². The van der Waals surface area contributed by atoms with Crippen LogP contribution in [0.2, 0.25) is 0 Å². The van der Waals surface area contributed by atoms with Crippen molar-refractivity contribution < 1.29 is 13.2 Å². The number of nitrogens with one attached hydrogen (secondary N) is 1. The van der Waals surface area contributed by atoms with Gasteiger partial charge in [0.15, 0.2) is 0 Å². The molecule has 1 aromatic carbocycles. The van der Waals surface area contributed by atoms with Crippen LogP contribution >= 0.6 is 0 Å². The van der Waals surface area contributed by atoms with Gasteiger partial charge in [0.1, 0.15) is 0 Å². The molecule has 0 unspecified atom stereocenters. The Morgan fingerprint density at radius 2 is 1.82 bits per heavy atom. The molecule has 1 amide bonds. The lowest BCUT2D eigenvalue weighted by molar-refractivity contribution is 0.0942. The predicted molar refractivity (Wildman–Crippen MR) is 86.4 cm³/mol. The molecule has 0 atom stereocenters. The van der Waals surface area contributed by atoms with Gasteiger partial charge < -0.3 is 5.32 Å². The number of hydrogen-bond acceptors (Lipinski definition) is 3. The fourth-order valence-corrected chi connectivity index (χ4v) is 4.14. The van der Waals surface area contributed by atoms with Gasteiger partial charge in [-0.1, -0.05) is 12.5 Å². The second-order valence-electron chi connectivity index (χ2n) is 6.07. The maximum absolute atomic E-state index is 12.7. The van der Waals surface area contributed by atoms with Gasteiger partial charge in [-0.25, -0.2) is 8.42 Å². The molecule has 0 bridgehead atoms. The van der Waals surface area contributed by atoms with Crippen molar-refractivity contribution in [1.29, 1.82) is 0 Å². The second-order valence-corrected chi connectivity index (χ2v) is 8.01. The van der Waals surface area contributed by atoms with Crippen molar-refractivity contribution in [2.24, 2.45) is 0 Å². The molecule has 1 heterocycles. The Labute approximate surface area is 132 Å². The zero-order chi connectivity index (χ0) is 16.3. The van der Waals surface area contributed by atoms with Gasteiger partial charge >= 0.3 is 0 Å². The summed E-state index contributed by atoms with van der Waals surface area (Å²) in [7, 11) is -3.51. The minimum atomic E-state index is -3.51. The summed E-state index contributed by atoms with van der Waals surface area (Å²) in [5.74, 6) is -0.233. The highest BCUT2D eigenvalue weighted by Crippen LogP contribution is 2.22. The van der Waals surface area contributed by atoms with Gasteiger partial charge in [0, 0.05) is 24.7 Å². The van der Waals surface area contributed by atoms with Crippen LogP contribution in [0.15, 0.2) is 23.1 Å². The summed E-state index contributed by atoms with van der Waals surface area (Å²) in [5, 5.41) is 2.81. The summed E-state index contributed by atoms with van der Waals surface area (Å²) in [5.41, 5.74) is 1.20. The summed E-state index contributed by atoms with van der Waals surface area (Å²) in [6, 6.07) is 4.79. The molecule has 1 aliphatic heterocycles. The monoisotopic (exact) mass is 324 g/mol. The number of amides is 1. The van der Waals surface area contributed by atoms with Gasteiger partial charge in [0.2, 0.25) is 10.0 Å². The molecule has 2 rings (SSSR count). The average molecular weight is 324 g/mol. The Bertz CT molecular complexity index is 647. The standard InChI is InChI=1S/C16H24N2O3S/c1-12(2)17-16(19)15-11-14(8-7-13(15)3)22(20,21)18-9-5-4-6-10-18/h7-8,11-12H,4-6,9-10H2,1-3H3,(H,17,19). The highest BCUT2D eigenvalue weighted by Gasteiger charge is 2.27. The number of carbonyl (C=O) groups excluding carboxylic acids is 1. The number of piperidine rings is 1. The molecule has 5 nitrogen and oxygen atoms in total. The van der Waals surface area contributed by atoms with Crippen LogP contribution in [-0.4, -0.2) is 37.8 Å². The summed E-state index contributed by atoms with van der Waals surface area (Å²) in [6.07, 6.45) is 2.86. The molecular formula is C16H24N2O3S. The zero-order valence-corrected chi connectivity index (χ0v) is 14.2.